The van der Waals surface area contributed by atoms with Gasteiger partial charge in [0.05, 0.1) is 11.4 Å². The number of nitrogens with zero attached hydrogens (tertiary/aromatic N) is 1. The SMILES string of the molecule is CN(C)S(=O)(=O)NCCc1ccc2c(c1)NC(=O)CS2. The van der Waals surface area contributed by atoms with Crippen LogP contribution in [0.25, 0.3) is 0 Å². The summed E-state index contributed by atoms with van der Waals surface area (Å²) in [5.41, 5.74) is 1.78. The third kappa shape index (κ3) is 3.72. The predicted octanol–water partition coefficient (Wildman–Crippen LogP) is 0.669. The maximum atomic E-state index is 11.6. The van der Waals surface area contributed by atoms with Crippen molar-refractivity contribution in [2.45, 2.75) is 11.3 Å². The summed E-state index contributed by atoms with van der Waals surface area (Å²) >= 11 is 1.51. The first kappa shape index (κ1) is 15.3. The van der Waals surface area contributed by atoms with Crippen LogP contribution in [0, 0.1) is 0 Å². The largest absolute Gasteiger partial charge is 0.324 e. The lowest BCUT2D eigenvalue weighted by Gasteiger charge is -2.17. The van der Waals surface area contributed by atoms with Crippen LogP contribution in [0.4, 0.5) is 5.69 Å². The summed E-state index contributed by atoms with van der Waals surface area (Å²) in [7, 11) is -0.425. The van der Waals surface area contributed by atoms with Gasteiger partial charge >= 0.3 is 0 Å². The van der Waals surface area contributed by atoms with Crippen LogP contribution in [0.2, 0.25) is 0 Å². The van der Waals surface area contributed by atoms with E-state index in [9.17, 15) is 13.2 Å². The fourth-order valence-electron chi connectivity index (χ4n) is 1.74. The molecular formula is C12H17N3O3S2. The molecule has 0 spiro atoms. The first-order valence-corrected chi connectivity index (χ1v) is 8.54. The lowest BCUT2D eigenvalue weighted by Crippen LogP contribution is -2.36. The lowest BCUT2D eigenvalue weighted by atomic mass is 10.1. The first-order valence-electron chi connectivity index (χ1n) is 6.11. The van der Waals surface area contributed by atoms with Crippen LogP contribution in [-0.2, 0) is 21.4 Å². The second-order valence-electron chi connectivity index (χ2n) is 4.60. The number of fused-ring (bicyclic) bond motifs is 1. The zero-order valence-electron chi connectivity index (χ0n) is 11.3. The van der Waals surface area contributed by atoms with E-state index in [2.05, 4.69) is 10.0 Å². The van der Waals surface area contributed by atoms with Crippen molar-refractivity contribution in [1.29, 1.82) is 0 Å². The second-order valence-corrected chi connectivity index (χ2v) is 7.59. The molecule has 0 fully saturated rings. The van der Waals surface area contributed by atoms with Crippen LogP contribution in [0.15, 0.2) is 23.1 Å². The van der Waals surface area contributed by atoms with Gasteiger partial charge < -0.3 is 5.32 Å². The Hall–Kier alpha value is -1.09. The molecule has 2 rings (SSSR count). The van der Waals surface area contributed by atoms with Gasteiger partial charge in [0.15, 0.2) is 0 Å². The molecule has 0 aromatic heterocycles. The molecule has 8 heteroatoms. The number of thioether (sulfide) groups is 1. The van der Waals surface area contributed by atoms with E-state index in [0.717, 1.165) is 20.5 Å². The van der Waals surface area contributed by atoms with Gasteiger partial charge in [-0.25, -0.2) is 4.72 Å². The summed E-state index contributed by atoms with van der Waals surface area (Å²) in [6.07, 6.45) is 0.570. The Morgan fingerprint density at radius 2 is 2.15 bits per heavy atom. The van der Waals surface area contributed by atoms with Gasteiger partial charge in [-0.3, -0.25) is 4.79 Å². The van der Waals surface area contributed by atoms with Gasteiger partial charge in [-0.05, 0) is 24.1 Å². The van der Waals surface area contributed by atoms with Gasteiger partial charge in [0.1, 0.15) is 0 Å². The summed E-state index contributed by atoms with van der Waals surface area (Å²) < 4.78 is 26.7. The number of rotatable bonds is 5. The van der Waals surface area contributed by atoms with Gasteiger partial charge in [-0.2, -0.15) is 12.7 Å². The summed E-state index contributed by atoms with van der Waals surface area (Å²) in [6, 6.07) is 5.80. The number of carbonyl (C=O) groups is 1. The number of nitrogens with one attached hydrogen (secondary N) is 2. The van der Waals surface area contributed by atoms with E-state index in [-0.39, 0.29) is 5.91 Å². The molecule has 1 aliphatic heterocycles. The van der Waals surface area contributed by atoms with Crippen LogP contribution in [-0.4, -0.2) is 45.0 Å². The van der Waals surface area contributed by atoms with Gasteiger partial charge in [0.25, 0.3) is 10.2 Å². The van der Waals surface area contributed by atoms with E-state index >= 15 is 0 Å². The third-order valence-electron chi connectivity index (χ3n) is 2.86. The quantitative estimate of drug-likeness (QED) is 0.837. The molecule has 1 heterocycles. The van der Waals surface area contributed by atoms with Crippen LogP contribution in [0.3, 0.4) is 0 Å². The minimum Gasteiger partial charge on any atom is -0.324 e. The van der Waals surface area contributed by atoms with Crippen molar-refractivity contribution in [2.24, 2.45) is 0 Å². The molecule has 1 aromatic carbocycles. The zero-order chi connectivity index (χ0) is 14.8. The Kier molecular flexibility index (Phi) is 4.69. The normalized spacial score (nSPS) is 15.1. The molecular weight excluding hydrogens is 298 g/mol. The molecule has 1 amide bonds. The van der Waals surface area contributed by atoms with E-state index in [1.54, 1.807) is 0 Å². The van der Waals surface area contributed by atoms with Crippen molar-refractivity contribution in [3.63, 3.8) is 0 Å². The Bertz CT molecular complexity index is 614. The van der Waals surface area contributed by atoms with Crippen LogP contribution in [0.1, 0.15) is 5.56 Å². The molecule has 110 valence electrons. The molecule has 1 aromatic rings. The lowest BCUT2D eigenvalue weighted by molar-refractivity contribution is -0.113. The summed E-state index contributed by atoms with van der Waals surface area (Å²) in [4.78, 5) is 12.4. The van der Waals surface area contributed by atoms with Crippen molar-refractivity contribution in [3.05, 3.63) is 23.8 Å². The topological polar surface area (TPSA) is 78.5 Å². The molecule has 0 saturated carbocycles. The Balaban J connectivity index is 1.98. The van der Waals surface area contributed by atoms with E-state index in [0.29, 0.717) is 18.7 Å². The highest BCUT2D eigenvalue weighted by Crippen LogP contribution is 2.31. The third-order valence-corrected chi connectivity index (χ3v) is 5.46. The number of hydrogen-bond acceptors (Lipinski definition) is 4. The van der Waals surface area contributed by atoms with E-state index < -0.39 is 10.2 Å². The maximum Gasteiger partial charge on any atom is 0.278 e. The fraction of sp³-hybridized carbons (Fsp3) is 0.417. The zero-order valence-corrected chi connectivity index (χ0v) is 13.0. The Morgan fingerprint density at radius 1 is 1.40 bits per heavy atom. The molecule has 0 saturated heterocycles. The monoisotopic (exact) mass is 315 g/mol. The van der Waals surface area contributed by atoms with Crippen molar-refractivity contribution in [1.82, 2.24) is 9.03 Å². The Labute approximate surface area is 123 Å². The molecule has 1 aliphatic rings. The molecule has 0 aliphatic carbocycles. The standard InChI is InChI=1S/C12H17N3O3S2/c1-15(2)20(17,18)13-6-5-9-3-4-11-10(7-9)14-12(16)8-19-11/h3-4,7,13H,5-6,8H2,1-2H3,(H,14,16). The number of anilines is 1. The smallest absolute Gasteiger partial charge is 0.278 e. The van der Waals surface area contributed by atoms with E-state index in [4.69, 9.17) is 0 Å². The van der Waals surface area contributed by atoms with Gasteiger partial charge in [-0.15, -0.1) is 11.8 Å². The molecule has 2 N–H and O–H groups in total. The highest BCUT2D eigenvalue weighted by Gasteiger charge is 2.16. The van der Waals surface area contributed by atoms with Crippen LogP contribution in [0.5, 0.6) is 0 Å². The van der Waals surface area contributed by atoms with E-state index in [1.807, 2.05) is 18.2 Å². The number of benzene rings is 1. The van der Waals surface area contributed by atoms with Crippen LogP contribution < -0.4 is 10.0 Å². The Morgan fingerprint density at radius 3 is 2.85 bits per heavy atom. The van der Waals surface area contributed by atoms with Gasteiger partial charge in [0, 0.05) is 25.5 Å². The highest BCUT2D eigenvalue weighted by atomic mass is 32.2. The average Bonchev–Trinajstić information content (AvgIpc) is 2.37. The van der Waals surface area contributed by atoms with Crippen molar-refractivity contribution in [2.75, 3.05) is 31.7 Å². The van der Waals surface area contributed by atoms with E-state index in [1.165, 1.54) is 25.9 Å². The van der Waals surface area contributed by atoms with Crippen molar-refractivity contribution < 1.29 is 13.2 Å². The highest BCUT2D eigenvalue weighted by molar-refractivity contribution is 8.00. The maximum absolute atomic E-state index is 11.6. The first-order chi connectivity index (χ1) is 9.38. The molecule has 0 unspecified atom stereocenters. The van der Waals surface area contributed by atoms with Crippen molar-refractivity contribution in [3.8, 4) is 0 Å². The second kappa shape index (κ2) is 6.13. The van der Waals surface area contributed by atoms with Crippen LogP contribution >= 0.6 is 11.8 Å². The minimum absolute atomic E-state index is 0.00652. The molecule has 0 bridgehead atoms. The number of hydrogen-bond donors (Lipinski definition) is 2. The van der Waals surface area contributed by atoms with Gasteiger partial charge in [-0.1, -0.05) is 6.07 Å². The minimum atomic E-state index is -3.38. The average molecular weight is 315 g/mol. The molecule has 6 nitrogen and oxygen atoms in total. The molecule has 20 heavy (non-hydrogen) atoms. The van der Waals surface area contributed by atoms with Gasteiger partial charge in [0.2, 0.25) is 5.91 Å². The fourth-order valence-corrected chi connectivity index (χ4v) is 3.15. The summed E-state index contributed by atoms with van der Waals surface area (Å²) in [5, 5.41) is 2.82. The summed E-state index contributed by atoms with van der Waals surface area (Å²) in [5.74, 6) is 0.433. The van der Waals surface area contributed by atoms with Crippen molar-refractivity contribution >= 4 is 33.6 Å². The number of carbonyl (C=O) groups excluding carboxylic acids is 1. The summed E-state index contributed by atoms with van der Waals surface area (Å²) in [6.45, 7) is 0.320. The predicted molar refractivity (Wildman–Crippen MR) is 80.1 cm³/mol. The molecule has 0 atom stereocenters. The number of amides is 1. The molecule has 0 radical (unpaired) electrons.